The second-order valence-electron chi connectivity index (χ2n) is 13.2. The van der Waals surface area contributed by atoms with Gasteiger partial charge in [0.25, 0.3) is 0 Å². The highest BCUT2D eigenvalue weighted by Gasteiger charge is 2.62. The quantitative estimate of drug-likeness (QED) is 0.417. The molecule has 0 saturated heterocycles. The summed E-state index contributed by atoms with van der Waals surface area (Å²) in [5.41, 5.74) is 1.35. The molecule has 0 aromatic carbocycles. The van der Waals surface area contributed by atoms with Gasteiger partial charge in [0, 0.05) is 0 Å². The zero-order valence-electron chi connectivity index (χ0n) is 20.8. The van der Waals surface area contributed by atoms with Gasteiger partial charge in [-0.15, -0.1) is 0 Å². The summed E-state index contributed by atoms with van der Waals surface area (Å²) in [5, 5.41) is 0. The molecule has 0 heterocycles. The van der Waals surface area contributed by atoms with Gasteiger partial charge in [-0.25, -0.2) is 0 Å². The summed E-state index contributed by atoms with van der Waals surface area (Å²) in [6.07, 6.45) is 19.8. The van der Waals surface area contributed by atoms with Crippen molar-refractivity contribution in [3.8, 4) is 0 Å². The minimum absolute atomic E-state index is 0.656. The van der Waals surface area contributed by atoms with E-state index >= 15 is 0 Å². The zero-order valence-corrected chi connectivity index (χ0v) is 20.8. The van der Waals surface area contributed by atoms with Gasteiger partial charge in [0.15, 0.2) is 0 Å². The molecule has 29 heavy (non-hydrogen) atoms. The highest BCUT2D eigenvalue weighted by Crippen LogP contribution is 2.69. The molecule has 4 aliphatic carbocycles. The van der Waals surface area contributed by atoms with Crippen LogP contribution in [0.15, 0.2) is 0 Å². The predicted molar refractivity (Wildman–Crippen MR) is 127 cm³/mol. The molecule has 4 aliphatic rings. The van der Waals surface area contributed by atoms with E-state index in [2.05, 4.69) is 41.5 Å². The van der Waals surface area contributed by atoms with Crippen molar-refractivity contribution in [3.63, 3.8) is 0 Å². The van der Waals surface area contributed by atoms with E-state index in [1.807, 2.05) is 0 Å². The molecule has 9 atom stereocenters. The minimum atomic E-state index is 0.656. The fourth-order valence-corrected chi connectivity index (χ4v) is 9.91. The van der Waals surface area contributed by atoms with Crippen LogP contribution in [0.1, 0.15) is 125 Å². The molecule has 0 amide bonds. The highest BCUT2D eigenvalue weighted by atomic mass is 14.7. The Bertz CT molecular complexity index is 548. The lowest BCUT2D eigenvalue weighted by Crippen LogP contribution is -2.56. The van der Waals surface area contributed by atoms with Crippen LogP contribution in [-0.2, 0) is 0 Å². The largest absolute Gasteiger partial charge is 0.0651 e. The number of hydrogen-bond acceptors (Lipinski definition) is 0. The Balaban J connectivity index is 1.53. The van der Waals surface area contributed by atoms with Crippen molar-refractivity contribution < 1.29 is 0 Å². The van der Waals surface area contributed by atoms with Crippen LogP contribution < -0.4 is 0 Å². The van der Waals surface area contributed by atoms with Crippen LogP contribution in [0.2, 0.25) is 0 Å². The average Bonchev–Trinajstić information content (AvgIpc) is 3.04. The Morgan fingerprint density at radius 3 is 2.31 bits per heavy atom. The smallest absolute Gasteiger partial charge is 0.0264 e. The van der Waals surface area contributed by atoms with E-state index in [1.54, 1.807) is 44.9 Å². The van der Waals surface area contributed by atoms with Crippen LogP contribution in [0.4, 0.5) is 0 Å². The molecule has 2 unspecified atom stereocenters. The third-order valence-electron chi connectivity index (χ3n) is 11.5. The van der Waals surface area contributed by atoms with E-state index in [4.69, 9.17) is 0 Å². The molecule has 0 heteroatoms. The Morgan fingerprint density at radius 2 is 1.59 bits per heavy atom. The lowest BCUT2D eigenvalue weighted by molar-refractivity contribution is -0.141. The van der Waals surface area contributed by atoms with Gasteiger partial charge in [0.2, 0.25) is 0 Å². The van der Waals surface area contributed by atoms with Crippen molar-refractivity contribution in [1.82, 2.24) is 0 Å². The summed E-state index contributed by atoms with van der Waals surface area (Å²) in [4.78, 5) is 0. The molecule has 0 aromatic rings. The molecule has 0 N–H and O–H groups in total. The second-order valence-corrected chi connectivity index (χ2v) is 13.2. The molecule has 0 nitrogen and oxygen atoms in total. The molecular weight excluding hydrogens is 348 g/mol. The summed E-state index contributed by atoms with van der Waals surface area (Å²) in [6.45, 7) is 15.5. The molecule has 4 rings (SSSR count). The monoisotopic (exact) mass is 400 g/mol. The van der Waals surface area contributed by atoms with Crippen molar-refractivity contribution in [2.45, 2.75) is 125 Å². The van der Waals surface area contributed by atoms with E-state index in [0.29, 0.717) is 10.8 Å². The summed E-state index contributed by atoms with van der Waals surface area (Å²) in [6, 6.07) is 0. The van der Waals surface area contributed by atoms with E-state index in [-0.39, 0.29) is 0 Å². The molecule has 0 aromatic heterocycles. The molecule has 4 fully saturated rings. The van der Waals surface area contributed by atoms with E-state index in [1.165, 1.54) is 38.5 Å². The SMILES string of the molecule is CCC1CC2CCCC[C@]2(C)[C@H]2CC[C@]3(C)[C@@H]([C@H](C)CCCC(C)C)CC[C@H]3[C@H]12. The van der Waals surface area contributed by atoms with Crippen molar-refractivity contribution in [2.24, 2.45) is 58.2 Å². The molecule has 0 aliphatic heterocycles. The van der Waals surface area contributed by atoms with Crippen LogP contribution in [-0.4, -0.2) is 0 Å². The van der Waals surface area contributed by atoms with Crippen molar-refractivity contribution in [2.75, 3.05) is 0 Å². The first-order valence-electron chi connectivity index (χ1n) is 13.8. The zero-order chi connectivity index (χ0) is 20.8. The van der Waals surface area contributed by atoms with Gasteiger partial charge < -0.3 is 0 Å². The average molecular weight is 401 g/mol. The Morgan fingerprint density at radius 1 is 0.828 bits per heavy atom. The number of fused-ring (bicyclic) bond motifs is 5. The highest BCUT2D eigenvalue weighted by molar-refractivity contribution is 5.10. The van der Waals surface area contributed by atoms with E-state index < -0.39 is 0 Å². The van der Waals surface area contributed by atoms with Gasteiger partial charge in [-0.1, -0.05) is 80.1 Å². The maximum atomic E-state index is 2.77. The van der Waals surface area contributed by atoms with Gasteiger partial charge in [-0.3, -0.25) is 0 Å². The van der Waals surface area contributed by atoms with Gasteiger partial charge in [0.05, 0.1) is 0 Å². The Labute approximate surface area is 183 Å². The summed E-state index contributed by atoms with van der Waals surface area (Å²) in [5.74, 6) is 8.09. The molecule has 0 spiro atoms. The first kappa shape index (κ1) is 22.2. The van der Waals surface area contributed by atoms with Crippen LogP contribution in [0.25, 0.3) is 0 Å². The van der Waals surface area contributed by atoms with Gasteiger partial charge in [-0.05, 0) is 103 Å². The van der Waals surface area contributed by atoms with Gasteiger partial charge in [-0.2, -0.15) is 0 Å². The van der Waals surface area contributed by atoms with Crippen molar-refractivity contribution in [3.05, 3.63) is 0 Å². The molecule has 168 valence electrons. The predicted octanol–water partition coefficient (Wildman–Crippen LogP) is 9.13. The van der Waals surface area contributed by atoms with E-state index in [9.17, 15) is 0 Å². The first-order chi connectivity index (χ1) is 13.8. The van der Waals surface area contributed by atoms with Crippen LogP contribution in [0, 0.1) is 58.2 Å². The minimum Gasteiger partial charge on any atom is -0.0651 e. The Kier molecular flexibility index (Phi) is 6.51. The van der Waals surface area contributed by atoms with Crippen molar-refractivity contribution in [1.29, 1.82) is 0 Å². The van der Waals surface area contributed by atoms with Crippen molar-refractivity contribution >= 4 is 0 Å². The van der Waals surface area contributed by atoms with Crippen LogP contribution in [0.3, 0.4) is 0 Å². The maximum Gasteiger partial charge on any atom is -0.0264 e. The van der Waals surface area contributed by atoms with Gasteiger partial charge in [0.1, 0.15) is 0 Å². The van der Waals surface area contributed by atoms with Gasteiger partial charge >= 0.3 is 0 Å². The first-order valence-corrected chi connectivity index (χ1v) is 13.8. The third-order valence-corrected chi connectivity index (χ3v) is 11.5. The molecule has 0 bridgehead atoms. The lowest BCUT2D eigenvalue weighted by atomic mass is 9.42. The fourth-order valence-electron chi connectivity index (χ4n) is 9.91. The van der Waals surface area contributed by atoms with Crippen LogP contribution in [0.5, 0.6) is 0 Å². The summed E-state index contributed by atoms with van der Waals surface area (Å²) in [7, 11) is 0. The normalized spacial score (nSPS) is 48.1. The summed E-state index contributed by atoms with van der Waals surface area (Å²) >= 11 is 0. The molecule has 0 radical (unpaired) electrons. The third kappa shape index (κ3) is 3.75. The number of hydrogen-bond donors (Lipinski definition) is 0. The molecular formula is C29H52. The Hall–Kier alpha value is 0. The fraction of sp³-hybridized carbons (Fsp3) is 1.00. The lowest BCUT2D eigenvalue weighted by Gasteiger charge is -2.63. The topological polar surface area (TPSA) is 0 Å². The number of rotatable bonds is 6. The maximum absolute atomic E-state index is 2.77. The van der Waals surface area contributed by atoms with Crippen LogP contribution >= 0.6 is 0 Å². The molecule has 4 saturated carbocycles. The van der Waals surface area contributed by atoms with E-state index in [0.717, 1.165) is 47.3 Å². The standard InChI is InChI=1S/C29H52/c1-7-22-19-23-13-8-9-17-28(23,5)26-16-18-29(6)24(14-15-25(29)27(22)26)21(4)12-10-11-20(2)3/h20-27H,7-19H2,1-6H3/t21-,22?,23?,24-,25+,26+,27+,28+,29-/m1/s1. The second kappa shape index (κ2) is 8.50. The summed E-state index contributed by atoms with van der Waals surface area (Å²) < 4.78 is 0.